The molecule has 3 atom stereocenters. The first-order valence-electron chi connectivity index (χ1n) is 7.84. The number of carbonyl (C=O) groups is 1. The standard InChI is InChI=1S/C18H18FNOS/c19-14-5-3-12(4-6-14)13-10-15-7-8-16(11-13)20(15)18(21)17-2-1-9-22-17/h1-6,9,13,15-16H,7-8,10-11H2/t13-,15+,16-. The minimum Gasteiger partial charge on any atom is -0.332 e. The largest absolute Gasteiger partial charge is 0.332 e. The number of carbonyl (C=O) groups excluding carboxylic acids is 1. The highest BCUT2D eigenvalue weighted by molar-refractivity contribution is 7.12. The monoisotopic (exact) mass is 315 g/mol. The van der Waals surface area contributed by atoms with E-state index in [1.165, 1.54) is 16.9 Å². The maximum Gasteiger partial charge on any atom is 0.264 e. The Kier molecular flexibility index (Phi) is 3.49. The lowest BCUT2D eigenvalue weighted by molar-refractivity contribution is 0.0576. The van der Waals surface area contributed by atoms with Crippen molar-refractivity contribution in [3.05, 3.63) is 58.0 Å². The van der Waals surface area contributed by atoms with E-state index in [0.717, 1.165) is 30.6 Å². The number of rotatable bonds is 2. The van der Waals surface area contributed by atoms with Crippen LogP contribution in [-0.4, -0.2) is 22.9 Å². The number of fused-ring (bicyclic) bond motifs is 2. The smallest absolute Gasteiger partial charge is 0.264 e. The molecule has 1 aromatic heterocycles. The zero-order chi connectivity index (χ0) is 15.1. The normalized spacial score (nSPS) is 27.1. The minimum absolute atomic E-state index is 0.183. The number of halogens is 1. The summed E-state index contributed by atoms with van der Waals surface area (Å²) in [5.74, 6) is 0.461. The van der Waals surface area contributed by atoms with Crippen LogP contribution < -0.4 is 0 Å². The van der Waals surface area contributed by atoms with E-state index < -0.39 is 0 Å². The van der Waals surface area contributed by atoms with Crippen molar-refractivity contribution in [1.82, 2.24) is 4.90 Å². The van der Waals surface area contributed by atoms with Gasteiger partial charge in [-0.1, -0.05) is 18.2 Å². The molecule has 22 heavy (non-hydrogen) atoms. The summed E-state index contributed by atoms with van der Waals surface area (Å²) in [6, 6.07) is 11.4. The molecular formula is C18H18FNOS. The van der Waals surface area contributed by atoms with Gasteiger partial charge in [-0.3, -0.25) is 4.79 Å². The Morgan fingerprint density at radius 2 is 1.77 bits per heavy atom. The van der Waals surface area contributed by atoms with E-state index in [1.54, 1.807) is 12.1 Å². The molecule has 0 spiro atoms. The fraction of sp³-hybridized carbons (Fsp3) is 0.389. The lowest BCUT2D eigenvalue weighted by atomic mass is 9.85. The second kappa shape index (κ2) is 5.51. The van der Waals surface area contributed by atoms with Crippen molar-refractivity contribution < 1.29 is 9.18 Å². The molecule has 4 heteroatoms. The molecule has 2 nitrogen and oxygen atoms in total. The molecule has 0 saturated carbocycles. The van der Waals surface area contributed by atoms with Crippen LogP contribution in [0.2, 0.25) is 0 Å². The quantitative estimate of drug-likeness (QED) is 0.802. The van der Waals surface area contributed by atoms with Crippen molar-refractivity contribution >= 4 is 17.2 Å². The SMILES string of the molecule is O=C(c1cccs1)N1[C@@H]2CC[C@H]1C[C@@H](c1ccc(F)cc1)C2. The Bertz CT molecular complexity index is 653. The van der Waals surface area contributed by atoms with Gasteiger partial charge in [0.15, 0.2) is 0 Å². The van der Waals surface area contributed by atoms with Gasteiger partial charge in [0, 0.05) is 12.1 Å². The number of nitrogens with zero attached hydrogens (tertiary/aromatic N) is 1. The van der Waals surface area contributed by atoms with Crippen molar-refractivity contribution in [2.24, 2.45) is 0 Å². The second-order valence-corrected chi connectivity index (χ2v) is 7.24. The molecule has 114 valence electrons. The molecule has 0 N–H and O–H groups in total. The molecule has 1 aromatic carbocycles. The second-order valence-electron chi connectivity index (χ2n) is 6.29. The van der Waals surface area contributed by atoms with Gasteiger partial charge >= 0.3 is 0 Å². The predicted octanol–water partition coefficient (Wildman–Crippen LogP) is 4.44. The number of hydrogen-bond donors (Lipinski definition) is 0. The first-order valence-corrected chi connectivity index (χ1v) is 8.72. The molecule has 0 unspecified atom stereocenters. The molecule has 2 saturated heterocycles. The van der Waals surface area contributed by atoms with Gasteiger partial charge < -0.3 is 4.90 Å². The van der Waals surface area contributed by atoms with Crippen molar-refractivity contribution in [2.45, 2.75) is 43.7 Å². The van der Waals surface area contributed by atoms with E-state index in [0.29, 0.717) is 18.0 Å². The zero-order valence-corrected chi connectivity index (χ0v) is 13.1. The predicted molar refractivity (Wildman–Crippen MR) is 85.7 cm³/mol. The minimum atomic E-state index is -0.183. The molecule has 3 heterocycles. The van der Waals surface area contributed by atoms with Gasteiger partial charge in [0.1, 0.15) is 5.82 Å². The van der Waals surface area contributed by atoms with Crippen LogP contribution in [0.1, 0.15) is 46.8 Å². The highest BCUT2D eigenvalue weighted by Gasteiger charge is 2.43. The van der Waals surface area contributed by atoms with Gasteiger partial charge in [0.05, 0.1) is 4.88 Å². The number of thiophene rings is 1. The third-order valence-corrected chi connectivity index (χ3v) is 5.90. The first kappa shape index (κ1) is 13.9. The van der Waals surface area contributed by atoms with Crippen LogP contribution in [0, 0.1) is 5.82 Å². The van der Waals surface area contributed by atoms with Gasteiger partial charge in [-0.25, -0.2) is 4.39 Å². The molecule has 1 amide bonds. The topological polar surface area (TPSA) is 20.3 Å². The van der Waals surface area contributed by atoms with Crippen LogP contribution in [0.5, 0.6) is 0 Å². The van der Waals surface area contributed by atoms with Crippen molar-refractivity contribution in [1.29, 1.82) is 0 Å². The third kappa shape index (κ3) is 2.35. The maximum absolute atomic E-state index is 13.1. The number of benzene rings is 1. The van der Waals surface area contributed by atoms with Crippen LogP contribution in [0.4, 0.5) is 4.39 Å². The highest BCUT2D eigenvalue weighted by Crippen LogP contribution is 2.43. The van der Waals surface area contributed by atoms with E-state index in [1.807, 2.05) is 29.6 Å². The summed E-state index contributed by atoms with van der Waals surface area (Å²) in [5.41, 5.74) is 1.21. The van der Waals surface area contributed by atoms with Crippen LogP contribution in [0.25, 0.3) is 0 Å². The fourth-order valence-corrected chi connectivity index (χ4v) is 4.71. The van der Waals surface area contributed by atoms with E-state index in [4.69, 9.17) is 0 Å². The van der Waals surface area contributed by atoms with E-state index in [9.17, 15) is 9.18 Å². The van der Waals surface area contributed by atoms with E-state index in [2.05, 4.69) is 4.90 Å². The summed E-state index contributed by atoms with van der Waals surface area (Å²) in [4.78, 5) is 15.7. The molecule has 2 bridgehead atoms. The Labute approximate surface area is 133 Å². The molecular weight excluding hydrogens is 297 g/mol. The van der Waals surface area contributed by atoms with Crippen LogP contribution in [0.3, 0.4) is 0 Å². The Balaban J connectivity index is 1.54. The zero-order valence-electron chi connectivity index (χ0n) is 12.2. The van der Waals surface area contributed by atoms with Crippen LogP contribution in [-0.2, 0) is 0 Å². The third-order valence-electron chi connectivity index (χ3n) is 5.04. The van der Waals surface area contributed by atoms with Crippen LogP contribution in [0.15, 0.2) is 41.8 Å². The lowest BCUT2D eigenvalue weighted by Crippen LogP contribution is -2.45. The van der Waals surface area contributed by atoms with Gasteiger partial charge in [-0.2, -0.15) is 0 Å². The molecule has 2 aliphatic rings. The number of hydrogen-bond acceptors (Lipinski definition) is 2. The summed E-state index contributed by atoms with van der Waals surface area (Å²) in [6.07, 6.45) is 4.19. The van der Waals surface area contributed by atoms with E-state index >= 15 is 0 Å². The van der Waals surface area contributed by atoms with Gasteiger partial charge in [-0.05, 0) is 60.7 Å². The molecule has 2 fully saturated rings. The summed E-state index contributed by atoms with van der Waals surface area (Å²) in [5, 5.41) is 1.96. The average Bonchev–Trinajstić information content (AvgIpc) is 3.14. The highest BCUT2D eigenvalue weighted by atomic mass is 32.1. The molecule has 4 rings (SSSR count). The van der Waals surface area contributed by atoms with Crippen molar-refractivity contribution in [3.63, 3.8) is 0 Å². The Morgan fingerprint density at radius 1 is 1.09 bits per heavy atom. The van der Waals surface area contributed by atoms with Crippen molar-refractivity contribution in [3.8, 4) is 0 Å². The Morgan fingerprint density at radius 3 is 2.36 bits per heavy atom. The van der Waals surface area contributed by atoms with E-state index in [-0.39, 0.29) is 11.7 Å². The number of amides is 1. The maximum atomic E-state index is 13.1. The molecule has 2 aromatic rings. The molecule has 2 aliphatic heterocycles. The van der Waals surface area contributed by atoms with Gasteiger partial charge in [-0.15, -0.1) is 11.3 Å². The van der Waals surface area contributed by atoms with Crippen molar-refractivity contribution in [2.75, 3.05) is 0 Å². The summed E-state index contributed by atoms with van der Waals surface area (Å²) in [6.45, 7) is 0. The average molecular weight is 315 g/mol. The Hall–Kier alpha value is -1.68. The van der Waals surface area contributed by atoms with Gasteiger partial charge in [0.2, 0.25) is 0 Å². The fourth-order valence-electron chi connectivity index (χ4n) is 4.04. The lowest BCUT2D eigenvalue weighted by Gasteiger charge is -2.39. The summed E-state index contributed by atoms with van der Waals surface area (Å²) in [7, 11) is 0. The summed E-state index contributed by atoms with van der Waals surface area (Å²) >= 11 is 1.52. The molecule has 0 aliphatic carbocycles. The number of piperidine rings is 1. The van der Waals surface area contributed by atoms with Gasteiger partial charge in [0.25, 0.3) is 5.91 Å². The molecule has 0 radical (unpaired) electrons. The first-order chi connectivity index (χ1) is 10.7. The summed E-state index contributed by atoms with van der Waals surface area (Å²) < 4.78 is 13.1. The van der Waals surface area contributed by atoms with Crippen LogP contribution >= 0.6 is 11.3 Å².